The molecule has 148 valence electrons. The van der Waals surface area contributed by atoms with Crippen LogP contribution in [-0.4, -0.2) is 65.6 Å². The Bertz CT molecular complexity index is 636. The van der Waals surface area contributed by atoms with Crippen LogP contribution in [0.2, 0.25) is 0 Å². The predicted molar refractivity (Wildman–Crippen MR) is 104 cm³/mol. The molecule has 2 fully saturated rings. The van der Waals surface area contributed by atoms with E-state index in [2.05, 4.69) is 10.3 Å². The highest BCUT2D eigenvalue weighted by molar-refractivity contribution is 5.94. The Hall–Kier alpha value is -2.31. The highest BCUT2D eigenvalue weighted by Gasteiger charge is 2.24. The van der Waals surface area contributed by atoms with Gasteiger partial charge in [0.1, 0.15) is 5.82 Å². The second kappa shape index (κ2) is 9.58. The third kappa shape index (κ3) is 5.34. The molecule has 2 saturated heterocycles. The standard InChI is InChI=1S/C20H30N4O3/c1-2-27-20(26)24-13-8-17(9-14-24)22-18-15-16(7-10-21-18)19(25)23-11-5-3-4-6-12-23/h7,10,15,17H,2-6,8-9,11-14H2,1H3,(H,21,22). The van der Waals surface area contributed by atoms with Gasteiger partial charge in [-0.1, -0.05) is 12.8 Å². The van der Waals surface area contributed by atoms with Crippen molar-refractivity contribution < 1.29 is 14.3 Å². The number of nitrogens with zero attached hydrogens (tertiary/aromatic N) is 3. The number of piperidine rings is 1. The SMILES string of the molecule is CCOC(=O)N1CCC(Nc2cc(C(=O)N3CCCCCC3)ccn2)CC1. The number of rotatable bonds is 4. The molecule has 2 aliphatic rings. The van der Waals surface area contributed by atoms with E-state index in [1.807, 2.05) is 17.9 Å². The molecule has 0 aliphatic carbocycles. The first-order chi connectivity index (χ1) is 13.2. The van der Waals surface area contributed by atoms with E-state index in [9.17, 15) is 9.59 Å². The van der Waals surface area contributed by atoms with Gasteiger partial charge in [0.05, 0.1) is 6.61 Å². The van der Waals surface area contributed by atoms with E-state index in [0.29, 0.717) is 25.3 Å². The zero-order valence-corrected chi connectivity index (χ0v) is 16.2. The fraction of sp³-hybridized carbons (Fsp3) is 0.650. The Kier molecular flexibility index (Phi) is 6.90. The van der Waals surface area contributed by atoms with Gasteiger partial charge in [0.15, 0.2) is 0 Å². The summed E-state index contributed by atoms with van der Waals surface area (Å²) >= 11 is 0. The summed E-state index contributed by atoms with van der Waals surface area (Å²) in [5.41, 5.74) is 0.693. The topological polar surface area (TPSA) is 74.8 Å². The highest BCUT2D eigenvalue weighted by atomic mass is 16.6. The van der Waals surface area contributed by atoms with Gasteiger partial charge in [-0.15, -0.1) is 0 Å². The Labute approximate surface area is 161 Å². The van der Waals surface area contributed by atoms with Crippen LogP contribution in [0.15, 0.2) is 18.3 Å². The summed E-state index contributed by atoms with van der Waals surface area (Å²) in [7, 11) is 0. The molecule has 1 aromatic rings. The zero-order chi connectivity index (χ0) is 19.1. The molecule has 0 unspecified atom stereocenters. The van der Waals surface area contributed by atoms with Crippen LogP contribution in [0.5, 0.6) is 0 Å². The first-order valence-electron chi connectivity index (χ1n) is 10.1. The van der Waals surface area contributed by atoms with Gasteiger partial charge in [-0.05, 0) is 44.7 Å². The van der Waals surface area contributed by atoms with E-state index >= 15 is 0 Å². The molecule has 3 rings (SSSR count). The number of ether oxygens (including phenoxy) is 1. The van der Waals surface area contributed by atoms with Gasteiger partial charge in [-0.2, -0.15) is 0 Å². The van der Waals surface area contributed by atoms with Gasteiger partial charge in [-0.3, -0.25) is 4.79 Å². The van der Waals surface area contributed by atoms with E-state index < -0.39 is 0 Å². The summed E-state index contributed by atoms with van der Waals surface area (Å²) in [6.07, 6.45) is 7.71. The maximum atomic E-state index is 12.8. The maximum absolute atomic E-state index is 12.8. The van der Waals surface area contributed by atoms with E-state index in [1.165, 1.54) is 12.8 Å². The van der Waals surface area contributed by atoms with Gasteiger partial charge in [-0.25, -0.2) is 9.78 Å². The first kappa shape index (κ1) is 19.5. The number of likely N-dealkylation sites (tertiary alicyclic amines) is 2. The normalized spacial score (nSPS) is 18.7. The molecule has 0 atom stereocenters. The molecule has 7 nitrogen and oxygen atoms in total. The molecule has 27 heavy (non-hydrogen) atoms. The van der Waals surface area contributed by atoms with Gasteiger partial charge in [0.25, 0.3) is 5.91 Å². The van der Waals surface area contributed by atoms with Crippen molar-refractivity contribution in [3.8, 4) is 0 Å². The van der Waals surface area contributed by atoms with Crippen molar-refractivity contribution in [1.82, 2.24) is 14.8 Å². The minimum atomic E-state index is -0.237. The van der Waals surface area contributed by atoms with Crippen molar-refractivity contribution >= 4 is 17.8 Å². The van der Waals surface area contributed by atoms with Crippen molar-refractivity contribution in [3.63, 3.8) is 0 Å². The van der Waals surface area contributed by atoms with Crippen molar-refractivity contribution in [2.45, 2.75) is 51.5 Å². The summed E-state index contributed by atoms with van der Waals surface area (Å²) in [5.74, 6) is 0.824. The number of carbonyl (C=O) groups excluding carboxylic acids is 2. The molecule has 2 aliphatic heterocycles. The number of aromatic nitrogens is 1. The number of hydrogen-bond acceptors (Lipinski definition) is 5. The van der Waals surface area contributed by atoms with Crippen molar-refractivity contribution in [2.24, 2.45) is 0 Å². The summed E-state index contributed by atoms with van der Waals surface area (Å²) in [6, 6.07) is 3.89. The Morgan fingerprint density at radius 2 is 1.81 bits per heavy atom. The summed E-state index contributed by atoms with van der Waals surface area (Å²) in [6.45, 7) is 5.24. The number of pyridine rings is 1. The summed E-state index contributed by atoms with van der Waals surface area (Å²) < 4.78 is 5.06. The number of carbonyl (C=O) groups is 2. The average molecular weight is 374 g/mol. The van der Waals surface area contributed by atoms with Gasteiger partial charge in [0.2, 0.25) is 0 Å². The third-order valence-corrected chi connectivity index (χ3v) is 5.27. The lowest BCUT2D eigenvalue weighted by Gasteiger charge is -2.31. The van der Waals surface area contributed by atoms with Crippen LogP contribution in [-0.2, 0) is 4.74 Å². The number of anilines is 1. The van der Waals surface area contributed by atoms with Gasteiger partial charge >= 0.3 is 6.09 Å². The smallest absolute Gasteiger partial charge is 0.409 e. The molecule has 1 aromatic heterocycles. The minimum absolute atomic E-state index is 0.0967. The van der Waals surface area contributed by atoms with E-state index in [1.54, 1.807) is 17.2 Å². The molecule has 0 bridgehead atoms. The predicted octanol–water partition coefficient (Wildman–Crippen LogP) is 3.13. The molecule has 7 heteroatoms. The Morgan fingerprint density at radius 1 is 1.11 bits per heavy atom. The third-order valence-electron chi connectivity index (χ3n) is 5.27. The summed E-state index contributed by atoms with van der Waals surface area (Å²) in [4.78, 5) is 32.7. The molecule has 0 aromatic carbocycles. The van der Waals surface area contributed by atoms with Crippen LogP contribution in [0.3, 0.4) is 0 Å². The number of nitrogens with one attached hydrogen (secondary N) is 1. The molecule has 2 amide bonds. The molecule has 0 saturated carbocycles. The van der Waals surface area contributed by atoms with E-state index in [0.717, 1.165) is 44.6 Å². The van der Waals surface area contributed by atoms with Crippen molar-refractivity contribution in [3.05, 3.63) is 23.9 Å². The molecular formula is C20H30N4O3. The number of hydrogen-bond donors (Lipinski definition) is 1. The Balaban J connectivity index is 1.55. The highest BCUT2D eigenvalue weighted by Crippen LogP contribution is 2.18. The molecular weight excluding hydrogens is 344 g/mol. The monoisotopic (exact) mass is 374 g/mol. The average Bonchev–Trinajstić information content (AvgIpc) is 2.98. The maximum Gasteiger partial charge on any atom is 0.409 e. The van der Waals surface area contributed by atoms with Crippen LogP contribution in [0.25, 0.3) is 0 Å². The molecule has 0 spiro atoms. The lowest BCUT2D eigenvalue weighted by Crippen LogP contribution is -2.42. The molecule has 3 heterocycles. The van der Waals surface area contributed by atoms with Crippen LogP contribution < -0.4 is 5.32 Å². The van der Waals surface area contributed by atoms with Crippen molar-refractivity contribution in [2.75, 3.05) is 38.1 Å². The second-order valence-corrected chi connectivity index (χ2v) is 7.24. The van der Waals surface area contributed by atoms with Crippen molar-refractivity contribution in [1.29, 1.82) is 0 Å². The van der Waals surface area contributed by atoms with Crippen LogP contribution in [0, 0.1) is 0 Å². The molecule has 1 N–H and O–H groups in total. The zero-order valence-electron chi connectivity index (χ0n) is 16.2. The minimum Gasteiger partial charge on any atom is -0.450 e. The first-order valence-corrected chi connectivity index (χ1v) is 10.1. The van der Waals surface area contributed by atoms with E-state index in [4.69, 9.17) is 4.74 Å². The number of amides is 2. The quantitative estimate of drug-likeness (QED) is 0.876. The molecule has 0 radical (unpaired) electrons. The van der Waals surface area contributed by atoms with Crippen LogP contribution in [0.4, 0.5) is 10.6 Å². The lowest BCUT2D eigenvalue weighted by atomic mass is 10.1. The van der Waals surface area contributed by atoms with Crippen LogP contribution >= 0.6 is 0 Å². The lowest BCUT2D eigenvalue weighted by molar-refractivity contribution is 0.0761. The second-order valence-electron chi connectivity index (χ2n) is 7.24. The fourth-order valence-corrected chi connectivity index (χ4v) is 3.73. The van der Waals surface area contributed by atoms with Gasteiger partial charge in [0, 0.05) is 44.0 Å². The Morgan fingerprint density at radius 3 is 2.48 bits per heavy atom. The van der Waals surface area contributed by atoms with Gasteiger partial charge < -0.3 is 19.9 Å². The van der Waals surface area contributed by atoms with E-state index in [-0.39, 0.29) is 18.0 Å². The summed E-state index contributed by atoms with van der Waals surface area (Å²) in [5, 5.41) is 3.42. The van der Waals surface area contributed by atoms with Crippen LogP contribution in [0.1, 0.15) is 55.8 Å². The largest absolute Gasteiger partial charge is 0.450 e. The fourth-order valence-electron chi connectivity index (χ4n) is 3.73.